The number of carbonyl (C=O) groups excluding carboxylic acids is 2. The molecule has 0 saturated carbocycles. The molecule has 1 unspecified atom stereocenters. The average Bonchev–Trinajstić information content (AvgIpc) is 2.75. The molecule has 0 bridgehead atoms. The van der Waals surface area contributed by atoms with Gasteiger partial charge in [0.25, 0.3) is 0 Å². The first-order valence-electron chi connectivity index (χ1n) is 11.4. The Bertz CT molecular complexity index is 588. The van der Waals surface area contributed by atoms with Crippen molar-refractivity contribution in [2.75, 3.05) is 13.2 Å². The third-order valence-corrected chi connectivity index (χ3v) is 5.14. The molecule has 29 heavy (non-hydrogen) atoms. The molecule has 0 fully saturated rings. The van der Waals surface area contributed by atoms with E-state index in [2.05, 4.69) is 25.8 Å². The van der Waals surface area contributed by atoms with E-state index >= 15 is 0 Å². The van der Waals surface area contributed by atoms with Crippen LogP contribution in [0.1, 0.15) is 112 Å². The van der Waals surface area contributed by atoms with Gasteiger partial charge >= 0.3 is 11.9 Å². The zero-order valence-corrected chi connectivity index (χ0v) is 18.6. The van der Waals surface area contributed by atoms with E-state index in [1.54, 1.807) is 18.2 Å². The third kappa shape index (κ3) is 11.0. The van der Waals surface area contributed by atoms with E-state index in [0.717, 1.165) is 38.5 Å². The Kier molecular flexibility index (Phi) is 13.8. The Hall–Kier alpha value is -1.91. The molecule has 0 amide bonds. The number of nitrogens with zero attached hydrogens (tertiary/aromatic N) is 1. The summed E-state index contributed by atoms with van der Waals surface area (Å²) in [5, 5.41) is 0. The molecule has 1 aromatic heterocycles. The van der Waals surface area contributed by atoms with Crippen molar-refractivity contribution in [3.05, 3.63) is 29.6 Å². The molecule has 0 aliphatic heterocycles. The molecule has 0 aliphatic carbocycles. The van der Waals surface area contributed by atoms with E-state index in [9.17, 15) is 9.59 Å². The smallest absolute Gasteiger partial charge is 0.356 e. The number of carbonyl (C=O) groups is 2. The monoisotopic (exact) mass is 405 g/mol. The highest BCUT2D eigenvalue weighted by Gasteiger charge is 2.16. The van der Waals surface area contributed by atoms with Crippen LogP contribution in [-0.4, -0.2) is 30.1 Å². The number of esters is 2. The minimum Gasteiger partial charge on any atom is -0.461 e. The minimum absolute atomic E-state index is 0.153. The van der Waals surface area contributed by atoms with Crippen LogP contribution in [0.4, 0.5) is 0 Å². The summed E-state index contributed by atoms with van der Waals surface area (Å²) >= 11 is 0. The minimum atomic E-state index is -0.486. The zero-order chi connectivity index (χ0) is 21.3. The fourth-order valence-electron chi connectivity index (χ4n) is 3.13. The molecular formula is C24H39NO4. The molecule has 5 nitrogen and oxygen atoms in total. The molecule has 5 heteroatoms. The number of rotatable bonds is 16. The van der Waals surface area contributed by atoms with Crippen LogP contribution in [-0.2, 0) is 9.47 Å². The second-order valence-corrected chi connectivity index (χ2v) is 7.68. The first-order valence-corrected chi connectivity index (χ1v) is 11.4. The third-order valence-electron chi connectivity index (χ3n) is 5.14. The highest BCUT2D eigenvalue weighted by atomic mass is 16.5. The first kappa shape index (κ1) is 25.1. The maximum absolute atomic E-state index is 12.3. The molecule has 0 saturated heterocycles. The summed E-state index contributed by atoms with van der Waals surface area (Å²) in [4.78, 5) is 28.6. The van der Waals surface area contributed by atoms with Gasteiger partial charge in [-0.2, -0.15) is 0 Å². The average molecular weight is 406 g/mol. The van der Waals surface area contributed by atoms with Crippen molar-refractivity contribution in [1.82, 2.24) is 4.98 Å². The lowest BCUT2D eigenvalue weighted by Gasteiger charge is -2.14. The van der Waals surface area contributed by atoms with Crippen molar-refractivity contribution in [3.8, 4) is 0 Å². The second-order valence-electron chi connectivity index (χ2n) is 7.68. The predicted octanol–water partition coefficient (Wildman–Crippen LogP) is 6.36. The van der Waals surface area contributed by atoms with Crippen molar-refractivity contribution in [2.24, 2.45) is 5.92 Å². The van der Waals surface area contributed by atoms with Gasteiger partial charge in [-0.05, 0) is 30.9 Å². The van der Waals surface area contributed by atoms with E-state index in [-0.39, 0.29) is 11.4 Å². The molecule has 164 valence electrons. The SMILES string of the molecule is CCCCCCCCCOC(=O)c1cccc(C(=O)OCC(CC)CCCC)n1. The van der Waals surface area contributed by atoms with Crippen LogP contribution >= 0.6 is 0 Å². The van der Waals surface area contributed by atoms with Crippen LogP contribution in [0.25, 0.3) is 0 Å². The summed E-state index contributed by atoms with van der Waals surface area (Å²) in [5.41, 5.74) is 0.307. The van der Waals surface area contributed by atoms with Gasteiger partial charge in [-0.25, -0.2) is 14.6 Å². The Morgan fingerprint density at radius 2 is 1.41 bits per heavy atom. The van der Waals surface area contributed by atoms with Crippen LogP contribution in [0.2, 0.25) is 0 Å². The Balaban J connectivity index is 2.38. The topological polar surface area (TPSA) is 65.5 Å². The van der Waals surface area contributed by atoms with Gasteiger partial charge in [-0.3, -0.25) is 0 Å². The van der Waals surface area contributed by atoms with Crippen molar-refractivity contribution >= 4 is 11.9 Å². The summed E-state index contributed by atoms with van der Waals surface area (Å²) in [6.45, 7) is 7.25. The van der Waals surface area contributed by atoms with Crippen molar-refractivity contribution < 1.29 is 19.1 Å². The Morgan fingerprint density at radius 1 is 0.828 bits per heavy atom. The molecule has 0 spiro atoms. The first-order chi connectivity index (χ1) is 14.1. The molecule has 1 heterocycles. The highest BCUT2D eigenvalue weighted by molar-refractivity contribution is 5.91. The summed E-state index contributed by atoms with van der Waals surface area (Å²) in [6, 6.07) is 4.78. The van der Waals surface area contributed by atoms with E-state index in [4.69, 9.17) is 9.47 Å². The van der Waals surface area contributed by atoms with Gasteiger partial charge in [0.05, 0.1) is 13.2 Å². The van der Waals surface area contributed by atoms with Gasteiger partial charge in [0, 0.05) is 0 Å². The van der Waals surface area contributed by atoms with Gasteiger partial charge in [-0.1, -0.05) is 84.6 Å². The largest absolute Gasteiger partial charge is 0.461 e. The predicted molar refractivity (Wildman–Crippen MR) is 116 cm³/mol. The number of unbranched alkanes of at least 4 members (excludes halogenated alkanes) is 7. The van der Waals surface area contributed by atoms with E-state index in [1.165, 1.54) is 32.1 Å². The molecule has 0 aromatic carbocycles. The van der Waals surface area contributed by atoms with Crippen LogP contribution in [0.5, 0.6) is 0 Å². The number of ether oxygens (including phenoxy) is 2. The van der Waals surface area contributed by atoms with E-state index in [1.807, 2.05) is 0 Å². The Labute approximate surface area is 176 Å². The van der Waals surface area contributed by atoms with Crippen molar-refractivity contribution in [3.63, 3.8) is 0 Å². The summed E-state index contributed by atoms with van der Waals surface area (Å²) in [7, 11) is 0. The standard InChI is InChI=1S/C24H39NO4/c1-4-7-9-10-11-12-13-18-28-23(26)21-16-14-17-22(25-21)24(27)29-19-20(6-3)15-8-5-2/h14,16-17,20H,4-13,15,18-19H2,1-3H3. The van der Waals surface area contributed by atoms with Crippen LogP contribution in [0, 0.1) is 5.92 Å². The quantitative estimate of drug-likeness (QED) is 0.236. The van der Waals surface area contributed by atoms with E-state index in [0.29, 0.717) is 19.1 Å². The molecule has 0 aliphatic rings. The molecule has 1 aromatic rings. The maximum Gasteiger partial charge on any atom is 0.356 e. The van der Waals surface area contributed by atoms with Gasteiger partial charge in [0.1, 0.15) is 11.4 Å². The van der Waals surface area contributed by atoms with Crippen molar-refractivity contribution in [2.45, 2.75) is 91.4 Å². The lowest BCUT2D eigenvalue weighted by atomic mass is 10.0. The Morgan fingerprint density at radius 3 is 2.03 bits per heavy atom. The fourth-order valence-corrected chi connectivity index (χ4v) is 3.13. The van der Waals surface area contributed by atoms with Gasteiger partial charge < -0.3 is 9.47 Å². The number of hydrogen-bond acceptors (Lipinski definition) is 5. The number of hydrogen-bond donors (Lipinski definition) is 0. The number of aromatic nitrogens is 1. The summed E-state index contributed by atoms with van der Waals surface area (Å²) < 4.78 is 10.7. The van der Waals surface area contributed by atoms with Crippen LogP contribution in [0.15, 0.2) is 18.2 Å². The van der Waals surface area contributed by atoms with Crippen molar-refractivity contribution in [1.29, 1.82) is 0 Å². The lowest BCUT2D eigenvalue weighted by Crippen LogP contribution is -2.16. The zero-order valence-electron chi connectivity index (χ0n) is 18.6. The summed E-state index contributed by atoms with van der Waals surface area (Å²) in [5.74, 6) is -0.601. The maximum atomic E-state index is 12.3. The van der Waals surface area contributed by atoms with Crippen LogP contribution < -0.4 is 0 Å². The normalized spacial score (nSPS) is 11.8. The fraction of sp³-hybridized carbons (Fsp3) is 0.708. The summed E-state index contributed by atoms with van der Waals surface area (Å²) in [6.07, 6.45) is 12.4. The van der Waals surface area contributed by atoms with Gasteiger partial charge in [-0.15, -0.1) is 0 Å². The molecule has 1 rings (SSSR count). The highest BCUT2D eigenvalue weighted by Crippen LogP contribution is 2.14. The lowest BCUT2D eigenvalue weighted by molar-refractivity contribution is 0.0420. The van der Waals surface area contributed by atoms with Gasteiger partial charge in [0.2, 0.25) is 0 Å². The molecular weight excluding hydrogens is 366 g/mol. The van der Waals surface area contributed by atoms with E-state index < -0.39 is 11.9 Å². The number of pyridine rings is 1. The molecule has 0 N–H and O–H groups in total. The molecule has 0 radical (unpaired) electrons. The second kappa shape index (κ2) is 15.9. The van der Waals surface area contributed by atoms with Crippen LogP contribution in [0.3, 0.4) is 0 Å². The van der Waals surface area contributed by atoms with Gasteiger partial charge in [0.15, 0.2) is 0 Å². The molecule has 1 atom stereocenters.